The van der Waals surface area contributed by atoms with E-state index in [9.17, 15) is 9.59 Å². The number of aromatic nitrogens is 1. The van der Waals surface area contributed by atoms with E-state index in [2.05, 4.69) is 11.2 Å². The van der Waals surface area contributed by atoms with Crippen LogP contribution in [0.15, 0.2) is 28.8 Å². The Balaban J connectivity index is 1.66. The number of carbonyl (C=O) groups excluding carboxylic acids is 2. The minimum Gasteiger partial charge on any atom is -0.449 e. The molecule has 1 aliphatic rings. The first-order chi connectivity index (χ1) is 11.5. The van der Waals surface area contributed by atoms with Crippen molar-refractivity contribution in [1.82, 2.24) is 10.1 Å². The average Bonchev–Trinajstić information content (AvgIpc) is 2.92. The normalized spacial score (nSPS) is 14.9. The van der Waals surface area contributed by atoms with Crippen molar-refractivity contribution >= 4 is 11.9 Å². The van der Waals surface area contributed by atoms with Crippen LogP contribution in [0.1, 0.15) is 39.9 Å². The lowest BCUT2D eigenvalue weighted by Crippen LogP contribution is -2.42. The van der Waals surface area contributed by atoms with Crippen molar-refractivity contribution in [2.75, 3.05) is 6.54 Å². The highest BCUT2D eigenvalue weighted by atomic mass is 16.5. The van der Waals surface area contributed by atoms with Crippen LogP contribution < -0.4 is 0 Å². The highest BCUT2D eigenvalue weighted by Gasteiger charge is 2.29. The van der Waals surface area contributed by atoms with Gasteiger partial charge in [-0.15, -0.1) is 0 Å². The number of ether oxygens (including phenoxy) is 1. The van der Waals surface area contributed by atoms with Crippen LogP contribution in [0.4, 0.5) is 0 Å². The molecule has 0 fully saturated rings. The van der Waals surface area contributed by atoms with E-state index in [1.165, 1.54) is 5.56 Å². The van der Waals surface area contributed by atoms with E-state index in [4.69, 9.17) is 9.26 Å². The molecule has 0 radical (unpaired) electrons. The smallest absolute Gasteiger partial charge is 0.344 e. The number of nitrogens with zero attached hydrogens (tertiary/aromatic N) is 2. The molecular formula is C18H20N2O4. The summed E-state index contributed by atoms with van der Waals surface area (Å²) in [6, 6.07) is 8.07. The maximum Gasteiger partial charge on any atom is 0.344 e. The maximum atomic E-state index is 12.6. The molecule has 1 atom stereocenters. The van der Waals surface area contributed by atoms with Crippen LogP contribution in [0.25, 0.3) is 0 Å². The Morgan fingerprint density at radius 2 is 1.96 bits per heavy atom. The molecular weight excluding hydrogens is 308 g/mol. The number of hydrogen-bond acceptors (Lipinski definition) is 5. The summed E-state index contributed by atoms with van der Waals surface area (Å²) in [6.45, 7) is 6.08. The number of benzene rings is 1. The van der Waals surface area contributed by atoms with Gasteiger partial charge in [0.15, 0.2) is 6.10 Å². The molecule has 6 heteroatoms. The average molecular weight is 328 g/mol. The van der Waals surface area contributed by atoms with Gasteiger partial charge in [-0.3, -0.25) is 4.79 Å². The van der Waals surface area contributed by atoms with Gasteiger partial charge in [-0.25, -0.2) is 4.79 Å². The Morgan fingerprint density at radius 3 is 2.62 bits per heavy atom. The van der Waals surface area contributed by atoms with E-state index in [1.54, 1.807) is 25.7 Å². The summed E-state index contributed by atoms with van der Waals surface area (Å²) < 4.78 is 10.3. The molecule has 0 unspecified atom stereocenters. The molecule has 6 nitrogen and oxygen atoms in total. The van der Waals surface area contributed by atoms with Crippen molar-refractivity contribution in [3.63, 3.8) is 0 Å². The summed E-state index contributed by atoms with van der Waals surface area (Å²) >= 11 is 0. The second-order valence-corrected chi connectivity index (χ2v) is 6.03. The number of hydrogen-bond donors (Lipinski definition) is 0. The van der Waals surface area contributed by atoms with Gasteiger partial charge in [-0.1, -0.05) is 29.4 Å². The van der Waals surface area contributed by atoms with Gasteiger partial charge in [0.2, 0.25) is 0 Å². The van der Waals surface area contributed by atoms with Crippen LogP contribution in [0.2, 0.25) is 0 Å². The standard InChI is InChI=1S/C18H20N2O4/c1-11-16(12(2)24-19-11)18(22)23-13(3)17(21)20-9-8-14-6-4-5-7-15(14)10-20/h4-7,13H,8-10H2,1-3H3/t13-/m1/s1. The van der Waals surface area contributed by atoms with Crippen molar-refractivity contribution in [2.45, 2.75) is 39.8 Å². The molecule has 126 valence electrons. The molecule has 0 saturated heterocycles. The molecule has 24 heavy (non-hydrogen) atoms. The van der Waals surface area contributed by atoms with Gasteiger partial charge < -0.3 is 14.2 Å². The highest BCUT2D eigenvalue weighted by Crippen LogP contribution is 2.20. The Hall–Kier alpha value is -2.63. The second kappa shape index (κ2) is 6.47. The van der Waals surface area contributed by atoms with Crippen molar-refractivity contribution in [3.8, 4) is 0 Å². The summed E-state index contributed by atoms with van der Waals surface area (Å²) in [6.07, 6.45) is -0.0385. The molecule has 0 saturated carbocycles. The summed E-state index contributed by atoms with van der Waals surface area (Å²) in [5.74, 6) is -0.377. The molecule has 1 aliphatic heterocycles. The van der Waals surface area contributed by atoms with Crippen molar-refractivity contribution in [3.05, 3.63) is 52.4 Å². The molecule has 1 aromatic heterocycles. The Labute approximate surface area is 140 Å². The zero-order valence-electron chi connectivity index (χ0n) is 14.0. The maximum absolute atomic E-state index is 12.6. The third-order valence-electron chi connectivity index (χ3n) is 4.31. The Kier molecular flexibility index (Phi) is 4.38. The van der Waals surface area contributed by atoms with Crippen LogP contribution in [-0.2, 0) is 22.5 Å². The number of carbonyl (C=O) groups is 2. The third-order valence-corrected chi connectivity index (χ3v) is 4.31. The zero-order valence-corrected chi connectivity index (χ0v) is 14.0. The molecule has 0 aliphatic carbocycles. The Morgan fingerprint density at radius 1 is 1.25 bits per heavy atom. The fourth-order valence-electron chi connectivity index (χ4n) is 2.99. The lowest BCUT2D eigenvalue weighted by molar-refractivity contribution is -0.140. The number of esters is 1. The van der Waals surface area contributed by atoms with E-state index < -0.39 is 12.1 Å². The predicted octanol–water partition coefficient (Wildman–Crippen LogP) is 2.42. The SMILES string of the molecule is Cc1noc(C)c1C(=O)O[C@H](C)C(=O)N1CCc2ccccc2C1. The topological polar surface area (TPSA) is 72.6 Å². The first-order valence-electron chi connectivity index (χ1n) is 7.96. The van der Waals surface area contributed by atoms with Crippen LogP contribution in [0.5, 0.6) is 0 Å². The lowest BCUT2D eigenvalue weighted by Gasteiger charge is -2.30. The minimum absolute atomic E-state index is 0.190. The van der Waals surface area contributed by atoms with E-state index >= 15 is 0 Å². The predicted molar refractivity (Wildman–Crippen MR) is 86.4 cm³/mol. The molecule has 2 heterocycles. The van der Waals surface area contributed by atoms with Gasteiger partial charge in [-0.05, 0) is 38.3 Å². The van der Waals surface area contributed by atoms with E-state index in [-0.39, 0.29) is 5.91 Å². The number of rotatable bonds is 3. The molecule has 1 aromatic carbocycles. The van der Waals surface area contributed by atoms with Gasteiger partial charge in [0, 0.05) is 13.1 Å². The van der Waals surface area contributed by atoms with Crippen LogP contribution in [0.3, 0.4) is 0 Å². The van der Waals surface area contributed by atoms with Gasteiger partial charge in [0.25, 0.3) is 5.91 Å². The van der Waals surface area contributed by atoms with Gasteiger partial charge in [-0.2, -0.15) is 0 Å². The summed E-state index contributed by atoms with van der Waals surface area (Å²) in [7, 11) is 0. The summed E-state index contributed by atoms with van der Waals surface area (Å²) in [5, 5.41) is 3.73. The Bertz CT molecular complexity index is 762. The number of amides is 1. The first-order valence-corrected chi connectivity index (χ1v) is 7.96. The largest absolute Gasteiger partial charge is 0.449 e. The third kappa shape index (κ3) is 3.04. The second-order valence-electron chi connectivity index (χ2n) is 6.03. The first kappa shape index (κ1) is 16.2. The van der Waals surface area contributed by atoms with Crippen LogP contribution in [0, 0.1) is 13.8 Å². The molecule has 2 aromatic rings. The monoisotopic (exact) mass is 328 g/mol. The van der Waals surface area contributed by atoms with Crippen LogP contribution >= 0.6 is 0 Å². The lowest BCUT2D eigenvalue weighted by atomic mass is 9.99. The zero-order chi connectivity index (χ0) is 17.3. The summed E-state index contributed by atoms with van der Waals surface area (Å²) in [5.41, 5.74) is 3.16. The fraction of sp³-hybridized carbons (Fsp3) is 0.389. The number of fused-ring (bicyclic) bond motifs is 1. The van der Waals surface area contributed by atoms with Crippen molar-refractivity contribution in [1.29, 1.82) is 0 Å². The van der Waals surface area contributed by atoms with E-state index in [1.807, 2.05) is 18.2 Å². The molecule has 1 amide bonds. The van der Waals surface area contributed by atoms with Gasteiger partial charge in [0.1, 0.15) is 11.3 Å². The molecule has 0 bridgehead atoms. The van der Waals surface area contributed by atoms with E-state index in [0.29, 0.717) is 30.1 Å². The minimum atomic E-state index is -0.850. The quantitative estimate of drug-likeness (QED) is 0.809. The fourth-order valence-corrected chi connectivity index (χ4v) is 2.99. The number of aryl methyl sites for hydroxylation is 2. The molecule has 0 spiro atoms. The van der Waals surface area contributed by atoms with E-state index in [0.717, 1.165) is 12.0 Å². The van der Waals surface area contributed by atoms with Gasteiger partial charge >= 0.3 is 5.97 Å². The highest BCUT2D eigenvalue weighted by molar-refractivity contribution is 5.93. The van der Waals surface area contributed by atoms with Crippen molar-refractivity contribution in [2.24, 2.45) is 0 Å². The molecule has 0 N–H and O–H groups in total. The van der Waals surface area contributed by atoms with Gasteiger partial charge in [0.05, 0.1) is 5.69 Å². The van der Waals surface area contributed by atoms with Crippen LogP contribution in [-0.4, -0.2) is 34.6 Å². The summed E-state index contributed by atoms with van der Waals surface area (Å²) in [4.78, 5) is 26.6. The molecule has 3 rings (SSSR count). The van der Waals surface area contributed by atoms with Crippen molar-refractivity contribution < 1.29 is 18.8 Å².